The smallest absolute Gasteiger partial charge is 0.287 e. The van der Waals surface area contributed by atoms with Crippen LogP contribution in [0.15, 0.2) is 29.0 Å². The number of nitro benzene ring substituents is 1. The first-order valence-corrected chi connectivity index (χ1v) is 7.04. The van der Waals surface area contributed by atoms with Gasteiger partial charge in [0.1, 0.15) is 16.6 Å². The van der Waals surface area contributed by atoms with E-state index < -0.39 is 4.92 Å². The molecule has 1 heterocycles. The van der Waals surface area contributed by atoms with Crippen LogP contribution >= 0.6 is 15.9 Å². The molecule has 2 N–H and O–H groups in total. The fourth-order valence-electron chi connectivity index (χ4n) is 1.81. The standard InChI is InChI=1S/C13H13BrN4O3/c1-2-4-8-12(15)16-7-17-13(8)21-10-6-3-5-9(11(10)14)18(19)20/h3,5-7H,2,4H2,1H3,(H2,15,16,17). The molecule has 0 radical (unpaired) electrons. The zero-order chi connectivity index (χ0) is 15.4. The van der Waals surface area contributed by atoms with Gasteiger partial charge >= 0.3 is 0 Å². The van der Waals surface area contributed by atoms with Crippen LogP contribution in [-0.4, -0.2) is 14.9 Å². The molecule has 1 aromatic carbocycles. The monoisotopic (exact) mass is 352 g/mol. The number of hydrogen-bond acceptors (Lipinski definition) is 6. The second-order valence-corrected chi connectivity index (χ2v) is 5.03. The maximum absolute atomic E-state index is 10.9. The van der Waals surface area contributed by atoms with Gasteiger partial charge < -0.3 is 10.5 Å². The van der Waals surface area contributed by atoms with Crippen molar-refractivity contribution in [2.24, 2.45) is 0 Å². The summed E-state index contributed by atoms with van der Waals surface area (Å²) in [5, 5.41) is 10.9. The summed E-state index contributed by atoms with van der Waals surface area (Å²) in [5.74, 6) is 0.966. The zero-order valence-electron chi connectivity index (χ0n) is 11.2. The summed E-state index contributed by atoms with van der Waals surface area (Å²) in [4.78, 5) is 18.4. The Balaban J connectivity index is 2.41. The molecule has 0 atom stereocenters. The minimum Gasteiger partial charge on any atom is -0.437 e. The Morgan fingerprint density at radius 1 is 1.43 bits per heavy atom. The number of benzene rings is 1. The SMILES string of the molecule is CCCc1c(N)ncnc1Oc1cccc([N+](=O)[O-])c1Br. The van der Waals surface area contributed by atoms with Crippen LogP contribution in [0.4, 0.5) is 11.5 Å². The number of nitrogens with zero attached hydrogens (tertiary/aromatic N) is 3. The number of ether oxygens (including phenoxy) is 1. The fourth-order valence-corrected chi connectivity index (χ4v) is 2.30. The summed E-state index contributed by atoms with van der Waals surface area (Å²) >= 11 is 3.18. The number of nitrogen functional groups attached to an aromatic ring is 1. The van der Waals surface area contributed by atoms with Crippen molar-refractivity contribution >= 4 is 27.4 Å². The second kappa shape index (κ2) is 6.49. The van der Waals surface area contributed by atoms with E-state index in [9.17, 15) is 10.1 Å². The van der Waals surface area contributed by atoms with Gasteiger partial charge in [-0.3, -0.25) is 10.1 Å². The van der Waals surface area contributed by atoms with Crippen LogP contribution in [0.1, 0.15) is 18.9 Å². The highest BCUT2D eigenvalue weighted by Gasteiger charge is 2.18. The lowest BCUT2D eigenvalue weighted by Gasteiger charge is -2.11. The molecule has 2 aromatic rings. The van der Waals surface area contributed by atoms with Crippen molar-refractivity contribution in [3.8, 4) is 11.6 Å². The van der Waals surface area contributed by atoms with Gasteiger partial charge in [-0.2, -0.15) is 0 Å². The largest absolute Gasteiger partial charge is 0.437 e. The molecule has 0 aliphatic carbocycles. The number of nitro groups is 1. The first-order valence-electron chi connectivity index (χ1n) is 6.24. The van der Waals surface area contributed by atoms with E-state index in [-0.39, 0.29) is 10.2 Å². The van der Waals surface area contributed by atoms with Crippen molar-refractivity contribution in [3.05, 3.63) is 44.7 Å². The third kappa shape index (κ3) is 3.27. The number of halogens is 1. The van der Waals surface area contributed by atoms with E-state index in [4.69, 9.17) is 10.5 Å². The number of anilines is 1. The molecule has 0 aliphatic heterocycles. The van der Waals surface area contributed by atoms with E-state index in [1.165, 1.54) is 12.4 Å². The molecular weight excluding hydrogens is 340 g/mol. The average molecular weight is 353 g/mol. The lowest BCUT2D eigenvalue weighted by Crippen LogP contribution is -2.03. The van der Waals surface area contributed by atoms with Crippen molar-refractivity contribution in [3.63, 3.8) is 0 Å². The maximum Gasteiger partial charge on any atom is 0.287 e. The van der Waals surface area contributed by atoms with Gasteiger partial charge in [-0.15, -0.1) is 0 Å². The summed E-state index contributed by atoms with van der Waals surface area (Å²) in [6.07, 6.45) is 2.81. The highest BCUT2D eigenvalue weighted by Crippen LogP contribution is 2.37. The van der Waals surface area contributed by atoms with Crippen molar-refractivity contribution in [1.29, 1.82) is 0 Å². The Labute approximate surface area is 129 Å². The van der Waals surface area contributed by atoms with Crippen molar-refractivity contribution in [2.45, 2.75) is 19.8 Å². The van der Waals surface area contributed by atoms with Crippen molar-refractivity contribution in [1.82, 2.24) is 9.97 Å². The Kier molecular flexibility index (Phi) is 4.69. The highest BCUT2D eigenvalue weighted by molar-refractivity contribution is 9.10. The molecule has 21 heavy (non-hydrogen) atoms. The van der Waals surface area contributed by atoms with Gasteiger partial charge in [0.05, 0.1) is 10.5 Å². The molecule has 0 saturated heterocycles. The molecule has 7 nitrogen and oxygen atoms in total. The molecule has 1 aromatic heterocycles. The summed E-state index contributed by atoms with van der Waals surface area (Å²) in [7, 11) is 0. The van der Waals surface area contributed by atoms with Gasteiger partial charge in [0.25, 0.3) is 5.69 Å². The fraction of sp³-hybridized carbons (Fsp3) is 0.231. The van der Waals surface area contributed by atoms with Crippen LogP contribution in [0.3, 0.4) is 0 Å². The van der Waals surface area contributed by atoms with E-state index >= 15 is 0 Å². The van der Waals surface area contributed by atoms with Crippen LogP contribution in [0.25, 0.3) is 0 Å². The molecule has 110 valence electrons. The van der Waals surface area contributed by atoms with Gasteiger partial charge in [-0.1, -0.05) is 19.4 Å². The average Bonchev–Trinajstić information content (AvgIpc) is 2.44. The molecule has 0 amide bonds. The molecule has 0 aliphatic rings. The quantitative estimate of drug-likeness (QED) is 0.652. The molecule has 2 rings (SSSR count). The summed E-state index contributed by atoms with van der Waals surface area (Å²) < 4.78 is 5.94. The van der Waals surface area contributed by atoms with Crippen LogP contribution in [0.5, 0.6) is 11.6 Å². The van der Waals surface area contributed by atoms with Crippen LogP contribution in [-0.2, 0) is 6.42 Å². The topological polar surface area (TPSA) is 104 Å². The second-order valence-electron chi connectivity index (χ2n) is 4.24. The Morgan fingerprint density at radius 3 is 2.86 bits per heavy atom. The minimum atomic E-state index is -0.488. The van der Waals surface area contributed by atoms with Gasteiger partial charge in [0, 0.05) is 6.07 Å². The summed E-state index contributed by atoms with van der Waals surface area (Å²) in [5.41, 5.74) is 6.44. The van der Waals surface area contributed by atoms with Gasteiger partial charge in [0.2, 0.25) is 5.88 Å². The first-order chi connectivity index (χ1) is 10.0. The summed E-state index contributed by atoms with van der Waals surface area (Å²) in [6.45, 7) is 2.00. The van der Waals surface area contributed by atoms with Crippen LogP contribution in [0.2, 0.25) is 0 Å². The zero-order valence-corrected chi connectivity index (χ0v) is 12.8. The third-order valence-corrected chi connectivity index (χ3v) is 3.58. The Morgan fingerprint density at radius 2 is 2.19 bits per heavy atom. The van der Waals surface area contributed by atoms with E-state index in [0.29, 0.717) is 29.4 Å². The molecule has 0 fully saturated rings. The van der Waals surface area contributed by atoms with E-state index in [1.54, 1.807) is 12.1 Å². The number of hydrogen-bond donors (Lipinski definition) is 1. The first kappa shape index (κ1) is 15.2. The third-order valence-electron chi connectivity index (χ3n) is 2.79. The Hall–Kier alpha value is -2.22. The molecule has 0 bridgehead atoms. The van der Waals surface area contributed by atoms with Gasteiger partial charge in [0.15, 0.2) is 5.75 Å². The number of rotatable bonds is 5. The van der Waals surface area contributed by atoms with Gasteiger partial charge in [-0.25, -0.2) is 9.97 Å². The number of aromatic nitrogens is 2. The molecule has 8 heteroatoms. The van der Waals surface area contributed by atoms with Gasteiger partial charge in [-0.05, 0) is 28.4 Å². The molecule has 0 unspecified atom stereocenters. The van der Waals surface area contributed by atoms with Crippen molar-refractivity contribution < 1.29 is 9.66 Å². The lowest BCUT2D eigenvalue weighted by atomic mass is 10.2. The van der Waals surface area contributed by atoms with Crippen LogP contribution in [0, 0.1) is 10.1 Å². The predicted molar refractivity (Wildman–Crippen MR) is 81.3 cm³/mol. The van der Waals surface area contributed by atoms with E-state index in [2.05, 4.69) is 25.9 Å². The minimum absolute atomic E-state index is 0.0773. The lowest BCUT2D eigenvalue weighted by molar-refractivity contribution is -0.385. The van der Waals surface area contributed by atoms with Crippen molar-refractivity contribution in [2.75, 3.05) is 5.73 Å². The van der Waals surface area contributed by atoms with Crippen LogP contribution < -0.4 is 10.5 Å². The Bertz CT molecular complexity index is 678. The predicted octanol–water partition coefficient (Wildman–Crippen LogP) is 3.47. The normalized spacial score (nSPS) is 10.4. The molecular formula is C13H13BrN4O3. The molecule has 0 saturated carbocycles. The number of nitrogens with two attached hydrogens (primary N) is 1. The van der Waals surface area contributed by atoms with E-state index in [0.717, 1.165) is 6.42 Å². The van der Waals surface area contributed by atoms with E-state index in [1.807, 2.05) is 6.92 Å². The maximum atomic E-state index is 10.9. The highest BCUT2D eigenvalue weighted by atomic mass is 79.9. The summed E-state index contributed by atoms with van der Waals surface area (Å²) in [6, 6.07) is 4.55. The molecule has 0 spiro atoms.